The second-order valence-corrected chi connectivity index (χ2v) is 5.70. The van der Waals surface area contributed by atoms with Crippen LogP contribution in [0.1, 0.15) is 29.4 Å². The largest absolute Gasteiger partial charge is 0.468 e. The Bertz CT molecular complexity index is 645. The number of aryl methyl sites for hydroxylation is 2. The van der Waals surface area contributed by atoms with Crippen molar-refractivity contribution in [3.8, 4) is 0 Å². The molecule has 18 heavy (non-hydrogen) atoms. The van der Waals surface area contributed by atoms with E-state index in [4.69, 9.17) is 10.5 Å². The minimum atomic E-state index is -0.871. The number of rotatable bonds is 2. The van der Waals surface area contributed by atoms with Crippen LogP contribution in [0.3, 0.4) is 0 Å². The highest BCUT2D eigenvalue weighted by Crippen LogP contribution is 2.51. The minimum absolute atomic E-state index is 0.00764. The van der Waals surface area contributed by atoms with Crippen LogP contribution in [0.15, 0.2) is 5.38 Å². The van der Waals surface area contributed by atoms with Crippen LogP contribution in [0.2, 0.25) is 0 Å². The number of aromatic nitrogens is 2. The van der Waals surface area contributed by atoms with Gasteiger partial charge in [-0.1, -0.05) is 0 Å². The fourth-order valence-electron chi connectivity index (χ4n) is 2.57. The molecule has 2 heterocycles. The maximum absolute atomic E-state index is 11.7. The fraction of sp³-hybridized carbons (Fsp3) is 0.500. The van der Waals surface area contributed by atoms with E-state index in [0.717, 1.165) is 22.0 Å². The first-order valence-corrected chi connectivity index (χ1v) is 6.67. The van der Waals surface area contributed by atoms with Crippen LogP contribution in [0.25, 0.3) is 4.96 Å². The van der Waals surface area contributed by atoms with Crippen LogP contribution < -0.4 is 5.73 Å². The number of hydrogen-bond donors (Lipinski definition) is 1. The third-order valence-electron chi connectivity index (χ3n) is 3.65. The highest BCUT2D eigenvalue weighted by atomic mass is 32.1. The van der Waals surface area contributed by atoms with E-state index in [0.29, 0.717) is 6.42 Å². The van der Waals surface area contributed by atoms with Crippen molar-refractivity contribution in [1.82, 2.24) is 9.38 Å². The normalized spacial score (nSPS) is 26.6. The van der Waals surface area contributed by atoms with Gasteiger partial charge in [0.15, 0.2) is 4.96 Å². The van der Waals surface area contributed by atoms with E-state index in [-0.39, 0.29) is 11.9 Å². The van der Waals surface area contributed by atoms with Gasteiger partial charge >= 0.3 is 5.97 Å². The number of carbonyl (C=O) groups is 1. The maximum Gasteiger partial charge on any atom is 0.326 e. The van der Waals surface area contributed by atoms with Crippen molar-refractivity contribution in [2.24, 2.45) is 5.73 Å². The van der Waals surface area contributed by atoms with Gasteiger partial charge in [0, 0.05) is 17.0 Å². The van der Waals surface area contributed by atoms with Gasteiger partial charge in [-0.2, -0.15) is 0 Å². The van der Waals surface area contributed by atoms with Crippen LogP contribution >= 0.6 is 11.3 Å². The first-order valence-electron chi connectivity index (χ1n) is 5.79. The lowest BCUT2D eigenvalue weighted by Crippen LogP contribution is -2.36. The van der Waals surface area contributed by atoms with Crippen molar-refractivity contribution in [3.05, 3.63) is 22.5 Å². The number of carbonyl (C=O) groups excluding carboxylic acids is 1. The van der Waals surface area contributed by atoms with Gasteiger partial charge in [0.2, 0.25) is 0 Å². The molecule has 2 aromatic heterocycles. The molecule has 0 bridgehead atoms. The van der Waals surface area contributed by atoms with E-state index < -0.39 is 5.54 Å². The zero-order chi connectivity index (χ0) is 13.1. The molecule has 0 amide bonds. The average Bonchev–Trinajstić information content (AvgIpc) is 2.72. The highest BCUT2D eigenvalue weighted by molar-refractivity contribution is 7.15. The summed E-state index contributed by atoms with van der Waals surface area (Å²) in [6, 6.07) is 0. The summed E-state index contributed by atoms with van der Waals surface area (Å²) in [5.74, 6) is -0.331. The standard InChI is InChI=1S/C12H15N3O2S/c1-6-5-18-11-14-7(2)9(15(6)11)8-4-12(8,13)10(16)17-3/h5,8H,4,13H2,1-3H3. The molecule has 96 valence electrons. The number of imidazole rings is 1. The molecule has 0 saturated heterocycles. The molecule has 2 atom stereocenters. The van der Waals surface area contributed by atoms with Gasteiger partial charge in [0.1, 0.15) is 5.54 Å². The molecular weight excluding hydrogens is 250 g/mol. The molecule has 3 rings (SSSR count). The Kier molecular flexibility index (Phi) is 2.30. The Hall–Kier alpha value is -1.40. The zero-order valence-electron chi connectivity index (χ0n) is 10.6. The van der Waals surface area contributed by atoms with Gasteiger partial charge in [0.05, 0.1) is 18.5 Å². The van der Waals surface area contributed by atoms with Gasteiger partial charge in [0.25, 0.3) is 0 Å². The quantitative estimate of drug-likeness (QED) is 0.833. The van der Waals surface area contributed by atoms with Crippen LogP contribution in [-0.2, 0) is 9.53 Å². The van der Waals surface area contributed by atoms with E-state index >= 15 is 0 Å². The molecule has 2 unspecified atom stereocenters. The number of thiazole rings is 1. The molecule has 1 fully saturated rings. The Morgan fingerprint density at radius 2 is 2.39 bits per heavy atom. The first-order chi connectivity index (χ1) is 8.49. The van der Waals surface area contributed by atoms with Gasteiger partial charge in [-0.25, -0.2) is 4.98 Å². The lowest BCUT2D eigenvalue weighted by molar-refractivity contribution is -0.143. The van der Waals surface area contributed by atoms with Crippen molar-refractivity contribution in [2.45, 2.75) is 31.7 Å². The van der Waals surface area contributed by atoms with Crippen molar-refractivity contribution in [2.75, 3.05) is 7.11 Å². The number of hydrogen-bond acceptors (Lipinski definition) is 5. The Labute approximate surface area is 109 Å². The fourth-order valence-corrected chi connectivity index (χ4v) is 3.49. The van der Waals surface area contributed by atoms with Crippen molar-refractivity contribution in [1.29, 1.82) is 0 Å². The lowest BCUT2D eigenvalue weighted by atomic mass is 10.1. The van der Waals surface area contributed by atoms with Gasteiger partial charge in [-0.15, -0.1) is 11.3 Å². The van der Waals surface area contributed by atoms with Gasteiger partial charge in [-0.3, -0.25) is 9.20 Å². The molecule has 5 nitrogen and oxygen atoms in total. The number of methoxy groups -OCH3 is 1. The predicted octanol–water partition coefficient (Wildman–Crippen LogP) is 1.37. The summed E-state index contributed by atoms with van der Waals surface area (Å²) < 4.78 is 6.88. The van der Waals surface area contributed by atoms with Crippen LogP contribution in [0.4, 0.5) is 0 Å². The number of esters is 1. The Morgan fingerprint density at radius 3 is 3.06 bits per heavy atom. The summed E-state index contributed by atoms with van der Waals surface area (Å²) in [7, 11) is 1.38. The van der Waals surface area contributed by atoms with E-state index in [1.165, 1.54) is 7.11 Å². The monoisotopic (exact) mass is 265 g/mol. The molecule has 6 heteroatoms. The molecule has 1 aliphatic rings. The minimum Gasteiger partial charge on any atom is -0.468 e. The highest BCUT2D eigenvalue weighted by Gasteiger charge is 2.60. The second kappa shape index (κ2) is 3.55. The number of ether oxygens (including phenoxy) is 1. The second-order valence-electron chi connectivity index (χ2n) is 4.87. The van der Waals surface area contributed by atoms with Crippen molar-refractivity contribution >= 4 is 22.3 Å². The maximum atomic E-state index is 11.7. The van der Waals surface area contributed by atoms with Crippen LogP contribution in [0, 0.1) is 13.8 Å². The molecule has 0 radical (unpaired) electrons. The van der Waals surface area contributed by atoms with Gasteiger partial charge in [-0.05, 0) is 20.3 Å². The van der Waals surface area contributed by atoms with E-state index in [2.05, 4.69) is 14.8 Å². The zero-order valence-corrected chi connectivity index (χ0v) is 11.4. The van der Waals surface area contributed by atoms with Crippen LogP contribution in [-0.4, -0.2) is 28.0 Å². The smallest absolute Gasteiger partial charge is 0.326 e. The van der Waals surface area contributed by atoms with Crippen molar-refractivity contribution < 1.29 is 9.53 Å². The number of nitrogens with two attached hydrogens (primary N) is 1. The third-order valence-corrected chi connectivity index (χ3v) is 4.60. The summed E-state index contributed by atoms with van der Waals surface area (Å²) in [6.45, 7) is 4.00. The van der Waals surface area contributed by atoms with E-state index in [9.17, 15) is 4.79 Å². The Morgan fingerprint density at radius 1 is 1.67 bits per heavy atom. The molecule has 2 aromatic rings. The van der Waals surface area contributed by atoms with Crippen molar-refractivity contribution in [3.63, 3.8) is 0 Å². The Balaban J connectivity index is 2.09. The third kappa shape index (κ3) is 1.36. The molecule has 0 aliphatic heterocycles. The average molecular weight is 265 g/mol. The summed E-state index contributed by atoms with van der Waals surface area (Å²) >= 11 is 1.60. The van der Waals surface area contributed by atoms with E-state index in [1.807, 2.05) is 13.8 Å². The SMILES string of the molecule is COC(=O)C1(N)CC1c1c(C)nc2scc(C)n12. The van der Waals surface area contributed by atoms with E-state index in [1.54, 1.807) is 11.3 Å². The first kappa shape index (κ1) is 11.7. The summed E-state index contributed by atoms with van der Waals surface area (Å²) in [4.78, 5) is 17.2. The lowest BCUT2D eigenvalue weighted by Gasteiger charge is -2.09. The molecule has 1 saturated carbocycles. The number of nitrogens with zero attached hydrogens (tertiary/aromatic N) is 2. The molecule has 0 aromatic carbocycles. The summed E-state index contributed by atoms with van der Waals surface area (Å²) in [5, 5.41) is 2.06. The number of fused-ring (bicyclic) bond motifs is 1. The van der Waals surface area contributed by atoms with Crippen LogP contribution in [0.5, 0.6) is 0 Å². The summed E-state index contributed by atoms with van der Waals surface area (Å²) in [6.07, 6.45) is 0.629. The molecule has 0 spiro atoms. The predicted molar refractivity (Wildman–Crippen MR) is 68.8 cm³/mol. The van der Waals surface area contributed by atoms with Gasteiger partial charge < -0.3 is 10.5 Å². The topological polar surface area (TPSA) is 69.6 Å². The summed E-state index contributed by atoms with van der Waals surface area (Å²) in [5.41, 5.74) is 8.36. The molecule has 2 N–H and O–H groups in total. The molecule has 1 aliphatic carbocycles. The molecular formula is C12H15N3O2S.